The SMILES string of the molecule is O=C(c1ccc(=O)[nH]n1)N1CC/C(=N/O)c2ccccc21. The molecule has 0 atom stereocenters. The maximum absolute atomic E-state index is 12.5. The van der Waals surface area contributed by atoms with Crippen LogP contribution in [0.5, 0.6) is 0 Å². The van der Waals surface area contributed by atoms with Crippen LogP contribution in [0.2, 0.25) is 0 Å². The van der Waals surface area contributed by atoms with Crippen molar-refractivity contribution in [2.75, 3.05) is 11.4 Å². The lowest BCUT2D eigenvalue weighted by Gasteiger charge is -2.29. The van der Waals surface area contributed by atoms with E-state index in [1.807, 2.05) is 6.07 Å². The molecule has 2 N–H and O–H groups in total. The maximum atomic E-state index is 12.5. The van der Waals surface area contributed by atoms with E-state index in [1.165, 1.54) is 12.1 Å². The summed E-state index contributed by atoms with van der Waals surface area (Å²) < 4.78 is 0. The first-order chi connectivity index (χ1) is 10.2. The van der Waals surface area contributed by atoms with Crippen LogP contribution in [0, 0.1) is 0 Å². The largest absolute Gasteiger partial charge is 0.411 e. The minimum absolute atomic E-state index is 0.161. The number of oxime groups is 1. The highest BCUT2D eigenvalue weighted by atomic mass is 16.4. The molecule has 1 amide bonds. The first-order valence-corrected chi connectivity index (χ1v) is 6.38. The first-order valence-electron chi connectivity index (χ1n) is 6.38. The van der Waals surface area contributed by atoms with E-state index in [9.17, 15) is 9.59 Å². The van der Waals surface area contributed by atoms with E-state index in [0.717, 1.165) is 0 Å². The maximum Gasteiger partial charge on any atom is 0.278 e. The molecule has 1 aromatic heterocycles. The number of anilines is 1. The molecule has 0 spiro atoms. The van der Waals surface area contributed by atoms with Gasteiger partial charge in [-0.15, -0.1) is 0 Å². The van der Waals surface area contributed by atoms with Crippen LogP contribution in [-0.2, 0) is 0 Å². The van der Waals surface area contributed by atoms with Crippen molar-refractivity contribution in [1.82, 2.24) is 10.2 Å². The molecular formula is C14H12N4O3. The van der Waals surface area contributed by atoms with E-state index < -0.39 is 0 Å². The second-order valence-electron chi connectivity index (χ2n) is 4.58. The number of nitrogens with one attached hydrogen (secondary N) is 1. The summed E-state index contributed by atoms with van der Waals surface area (Å²) in [4.78, 5) is 25.1. The Balaban J connectivity index is 2.02. The Labute approximate surface area is 119 Å². The van der Waals surface area contributed by atoms with Gasteiger partial charge in [0.2, 0.25) is 0 Å². The summed E-state index contributed by atoms with van der Waals surface area (Å²) in [5, 5.41) is 18.3. The zero-order valence-electron chi connectivity index (χ0n) is 11.0. The van der Waals surface area contributed by atoms with Crippen LogP contribution in [-0.4, -0.2) is 33.6 Å². The van der Waals surface area contributed by atoms with Crippen molar-refractivity contribution in [3.8, 4) is 0 Å². The smallest absolute Gasteiger partial charge is 0.278 e. The molecule has 21 heavy (non-hydrogen) atoms. The molecule has 7 heteroatoms. The number of carbonyl (C=O) groups excluding carboxylic acids is 1. The molecule has 2 heterocycles. The van der Waals surface area contributed by atoms with Crippen LogP contribution >= 0.6 is 0 Å². The summed E-state index contributed by atoms with van der Waals surface area (Å²) in [5.74, 6) is -0.310. The van der Waals surface area contributed by atoms with E-state index in [2.05, 4.69) is 15.4 Å². The van der Waals surface area contributed by atoms with Gasteiger partial charge in [-0.05, 0) is 12.1 Å². The molecule has 3 rings (SSSR count). The zero-order chi connectivity index (χ0) is 14.8. The lowest BCUT2D eigenvalue weighted by molar-refractivity contribution is 0.0981. The van der Waals surface area contributed by atoms with Crippen molar-refractivity contribution < 1.29 is 10.0 Å². The number of H-pyrrole nitrogens is 1. The fourth-order valence-electron chi connectivity index (χ4n) is 2.34. The third kappa shape index (κ3) is 2.29. The van der Waals surface area contributed by atoms with Crippen LogP contribution < -0.4 is 10.5 Å². The molecule has 1 aromatic carbocycles. The van der Waals surface area contributed by atoms with Gasteiger partial charge in [0.05, 0.1) is 11.4 Å². The molecule has 2 aromatic rings. The van der Waals surface area contributed by atoms with E-state index in [4.69, 9.17) is 5.21 Å². The number of hydrogen-bond donors (Lipinski definition) is 2. The van der Waals surface area contributed by atoms with Gasteiger partial charge in [-0.25, -0.2) is 5.10 Å². The predicted molar refractivity (Wildman–Crippen MR) is 75.9 cm³/mol. The highest BCUT2D eigenvalue weighted by molar-refractivity contribution is 6.14. The Hall–Kier alpha value is -2.96. The molecule has 0 aliphatic carbocycles. The number of nitrogens with zero attached hydrogens (tertiary/aromatic N) is 3. The summed E-state index contributed by atoms with van der Waals surface area (Å²) in [6.45, 7) is 0.385. The van der Waals surface area contributed by atoms with Gasteiger partial charge in [0.1, 0.15) is 5.69 Å². The molecule has 0 saturated carbocycles. The average molecular weight is 284 g/mol. The minimum atomic E-state index is -0.361. The highest BCUT2D eigenvalue weighted by Gasteiger charge is 2.27. The molecule has 1 aliphatic rings. The second-order valence-corrected chi connectivity index (χ2v) is 4.58. The van der Waals surface area contributed by atoms with E-state index in [1.54, 1.807) is 23.1 Å². The Morgan fingerprint density at radius 1 is 1.29 bits per heavy atom. The van der Waals surface area contributed by atoms with Crippen LogP contribution in [0.3, 0.4) is 0 Å². The molecular weight excluding hydrogens is 272 g/mol. The molecule has 1 aliphatic heterocycles. The van der Waals surface area contributed by atoms with Crippen LogP contribution in [0.1, 0.15) is 22.5 Å². The number of hydrogen-bond acceptors (Lipinski definition) is 5. The Bertz CT molecular complexity index is 761. The summed E-state index contributed by atoms with van der Waals surface area (Å²) >= 11 is 0. The van der Waals surface area contributed by atoms with Gasteiger partial charge in [-0.3, -0.25) is 9.59 Å². The normalized spacial score (nSPS) is 15.8. The summed E-state index contributed by atoms with van der Waals surface area (Å²) in [5.41, 5.74) is 1.72. The van der Waals surface area contributed by atoms with Crippen molar-refractivity contribution in [2.24, 2.45) is 5.16 Å². The first kappa shape index (κ1) is 13.0. The quantitative estimate of drug-likeness (QED) is 0.602. The lowest BCUT2D eigenvalue weighted by atomic mass is 9.99. The van der Waals surface area contributed by atoms with Crippen LogP contribution in [0.4, 0.5) is 5.69 Å². The number of aromatic amines is 1. The van der Waals surface area contributed by atoms with Crippen LogP contribution in [0.15, 0.2) is 46.3 Å². The average Bonchev–Trinajstić information content (AvgIpc) is 2.54. The summed E-state index contributed by atoms with van der Waals surface area (Å²) in [6, 6.07) is 9.85. The van der Waals surface area contributed by atoms with Gasteiger partial charge in [-0.1, -0.05) is 23.4 Å². The van der Waals surface area contributed by atoms with Crippen molar-refractivity contribution >= 4 is 17.3 Å². The fourth-order valence-corrected chi connectivity index (χ4v) is 2.34. The molecule has 0 saturated heterocycles. The number of amides is 1. The summed E-state index contributed by atoms with van der Waals surface area (Å²) in [6.07, 6.45) is 0.447. The van der Waals surface area contributed by atoms with Gasteiger partial charge in [0.15, 0.2) is 0 Å². The molecule has 0 fully saturated rings. The summed E-state index contributed by atoms with van der Waals surface area (Å²) in [7, 11) is 0. The van der Waals surface area contributed by atoms with Crippen molar-refractivity contribution in [3.05, 3.63) is 58.0 Å². The molecule has 7 nitrogen and oxygen atoms in total. The monoisotopic (exact) mass is 284 g/mol. The van der Waals surface area contributed by atoms with Gasteiger partial charge in [0.25, 0.3) is 11.5 Å². The Morgan fingerprint density at radius 3 is 2.81 bits per heavy atom. The highest BCUT2D eigenvalue weighted by Crippen LogP contribution is 2.28. The molecule has 0 unspecified atom stereocenters. The lowest BCUT2D eigenvalue weighted by Crippen LogP contribution is -2.38. The van der Waals surface area contributed by atoms with E-state index in [0.29, 0.717) is 29.9 Å². The zero-order valence-corrected chi connectivity index (χ0v) is 11.0. The number of benzene rings is 1. The van der Waals surface area contributed by atoms with Gasteiger partial charge < -0.3 is 10.1 Å². The minimum Gasteiger partial charge on any atom is -0.411 e. The molecule has 0 bridgehead atoms. The van der Waals surface area contributed by atoms with Crippen molar-refractivity contribution in [1.29, 1.82) is 0 Å². The van der Waals surface area contributed by atoms with Crippen LogP contribution in [0.25, 0.3) is 0 Å². The van der Waals surface area contributed by atoms with Gasteiger partial charge in [-0.2, -0.15) is 5.10 Å². The van der Waals surface area contributed by atoms with E-state index in [-0.39, 0.29) is 17.2 Å². The predicted octanol–water partition coefficient (Wildman–Crippen LogP) is 0.999. The topological polar surface area (TPSA) is 98.7 Å². The third-order valence-electron chi connectivity index (χ3n) is 3.34. The fraction of sp³-hybridized carbons (Fsp3) is 0.143. The Kier molecular flexibility index (Phi) is 3.23. The van der Waals surface area contributed by atoms with Gasteiger partial charge in [0, 0.05) is 24.6 Å². The van der Waals surface area contributed by atoms with E-state index >= 15 is 0 Å². The standard InChI is InChI=1S/C14H12N4O3/c19-13-6-5-11(15-16-13)14(20)18-8-7-10(17-21)9-3-1-2-4-12(9)18/h1-6,21H,7-8H2,(H,16,19)/b17-10-. The second kappa shape index (κ2) is 5.20. The van der Waals surface area contributed by atoms with Crippen molar-refractivity contribution in [3.63, 3.8) is 0 Å². The number of fused-ring (bicyclic) bond motifs is 1. The number of aromatic nitrogens is 2. The Morgan fingerprint density at radius 2 is 2.10 bits per heavy atom. The number of para-hydroxylation sites is 1. The number of carbonyl (C=O) groups is 1. The van der Waals surface area contributed by atoms with Gasteiger partial charge >= 0.3 is 0 Å². The van der Waals surface area contributed by atoms with Crippen molar-refractivity contribution in [2.45, 2.75) is 6.42 Å². The molecule has 0 radical (unpaired) electrons. The third-order valence-corrected chi connectivity index (χ3v) is 3.34. The number of rotatable bonds is 1. The molecule has 106 valence electrons.